The Balaban J connectivity index is 0.00000225. The van der Waals surface area contributed by atoms with Crippen molar-refractivity contribution in [2.75, 3.05) is 13.6 Å². The van der Waals surface area contributed by atoms with Gasteiger partial charge in [-0.2, -0.15) is 0 Å². The van der Waals surface area contributed by atoms with Gasteiger partial charge in [-0.15, -0.1) is 12.4 Å². The van der Waals surface area contributed by atoms with Crippen molar-refractivity contribution < 1.29 is 0 Å². The highest BCUT2D eigenvalue weighted by Crippen LogP contribution is 2.36. The zero-order chi connectivity index (χ0) is 16.8. The lowest BCUT2D eigenvalue weighted by atomic mass is 9.84. The van der Waals surface area contributed by atoms with Gasteiger partial charge in [-0.3, -0.25) is 4.90 Å². The molecule has 1 nitrogen and oxygen atoms in total. The molecule has 0 heterocycles. The minimum Gasteiger partial charge on any atom is -0.300 e. The number of likely N-dealkylation sites (N-methyl/N-ethyl adjacent to an activating group) is 1. The van der Waals surface area contributed by atoms with Gasteiger partial charge < -0.3 is 0 Å². The fourth-order valence-corrected chi connectivity index (χ4v) is 4.76. The number of hydrogen-bond acceptors (Lipinski definition) is 1. The Labute approximate surface area is 165 Å². The monoisotopic (exact) mass is 381 g/mol. The second kappa shape index (κ2) is 10.6. The molecule has 1 aromatic rings. The summed E-state index contributed by atoms with van der Waals surface area (Å²) < 4.78 is 0. The van der Waals surface area contributed by atoms with E-state index in [1.54, 1.807) is 0 Å². The molecule has 0 amide bonds. The number of benzene rings is 1. The molecule has 3 heteroatoms. The Morgan fingerprint density at radius 3 is 2.28 bits per heavy atom. The fourth-order valence-electron chi connectivity index (χ4n) is 4.42. The van der Waals surface area contributed by atoms with E-state index >= 15 is 0 Å². The molecule has 0 N–H and O–H groups in total. The second-order valence-corrected chi connectivity index (χ2v) is 8.16. The number of nitrogens with zero attached hydrogens (tertiary/aromatic N) is 1. The SMILES string of the molecule is CN(C/C=C/c1ccc(C2CCCCC2)c(Cl)c1)C1CCCCC1.Cl. The predicted octanol–water partition coefficient (Wildman–Crippen LogP) is 7.09. The summed E-state index contributed by atoms with van der Waals surface area (Å²) >= 11 is 6.58. The summed E-state index contributed by atoms with van der Waals surface area (Å²) in [5.74, 6) is 0.682. The summed E-state index contributed by atoms with van der Waals surface area (Å²) in [6, 6.07) is 7.44. The molecule has 1 aromatic carbocycles. The molecule has 2 fully saturated rings. The van der Waals surface area contributed by atoms with Gasteiger partial charge in [0.25, 0.3) is 0 Å². The van der Waals surface area contributed by atoms with Crippen LogP contribution in [0, 0.1) is 0 Å². The van der Waals surface area contributed by atoms with Gasteiger partial charge in [0, 0.05) is 17.6 Å². The second-order valence-electron chi connectivity index (χ2n) is 7.75. The summed E-state index contributed by atoms with van der Waals surface area (Å²) in [4.78, 5) is 2.51. The number of rotatable bonds is 5. The minimum atomic E-state index is 0. The van der Waals surface area contributed by atoms with Gasteiger partial charge in [-0.1, -0.05) is 74.4 Å². The van der Waals surface area contributed by atoms with E-state index in [9.17, 15) is 0 Å². The van der Waals surface area contributed by atoms with Gasteiger partial charge in [0.1, 0.15) is 0 Å². The lowest BCUT2D eigenvalue weighted by Crippen LogP contribution is -2.33. The normalized spacial score (nSPS) is 20.1. The standard InChI is InChI=1S/C22H32ClN.ClH/c1-24(20-12-6-3-7-13-20)16-8-9-18-14-15-21(22(23)17-18)19-10-4-2-5-11-19;/h8-9,14-15,17,19-20H,2-7,10-13,16H2,1H3;1H/b9-8+;. The van der Waals surface area contributed by atoms with E-state index in [0.29, 0.717) is 5.92 Å². The zero-order valence-electron chi connectivity index (χ0n) is 15.6. The molecule has 140 valence electrons. The third kappa shape index (κ3) is 6.01. The van der Waals surface area contributed by atoms with E-state index in [0.717, 1.165) is 17.6 Å². The van der Waals surface area contributed by atoms with Crippen molar-refractivity contribution in [3.8, 4) is 0 Å². The molecule has 0 atom stereocenters. The van der Waals surface area contributed by atoms with Crippen molar-refractivity contribution in [1.29, 1.82) is 0 Å². The summed E-state index contributed by atoms with van der Waals surface area (Å²) in [6.45, 7) is 1.03. The highest BCUT2D eigenvalue weighted by atomic mass is 35.5. The smallest absolute Gasteiger partial charge is 0.0446 e. The Morgan fingerprint density at radius 1 is 1.00 bits per heavy atom. The largest absolute Gasteiger partial charge is 0.300 e. The molecule has 3 rings (SSSR count). The van der Waals surface area contributed by atoms with Crippen molar-refractivity contribution >= 4 is 30.1 Å². The average molecular weight is 382 g/mol. The van der Waals surface area contributed by atoms with Crippen LogP contribution in [0.25, 0.3) is 6.08 Å². The van der Waals surface area contributed by atoms with E-state index in [-0.39, 0.29) is 12.4 Å². The Kier molecular flexibility index (Phi) is 8.82. The number of hydrogen-bond donors (Lipinski definition) is 0. The maximum absolute atomic E-state index is 6.58. The quantitative estimate of drug-likeness (QED) is 0.525. The third-order valence-electron chi connectivity index (χ3n) is 5.97. The van der Waals surface area contributed by atoms with Crippen LogP contribution in [0.5, 0.6) is 0 Å². The highest BCUT2D eigenvalue weighted by molar-refractivity contribution is 6.31. The van der Waals surface area contributed by atoms with Crippen molar-refractivity contribution in [3.63, 3.8) is 0 Å². The maximum atomic E-state index is 6.58. The first-order valence-corrected chi connectivity index (χ1v) is 10.3. The molecule has 25 heavy (non-hydrogen) atoms. The molecule has 0 aromatic heterocycles. The molecule has 2 aliphatic carbocycles. The van der Waals surface area contributed by atoms with Crippen LogP contribution in [-0.4, -0.2) is 24.5 Å². The summed E-state index contributed by atoms with van der Waals surface area (Å²) in [6.07, 6.45) is 18.2. The summed E-state index contributed by atoms with van der Waals surface area (Å²) in [7, 11) is 2.26. The topological polar surface area (TPSA) is 3.24 Å². The lowest BCUT2D eigenvalue weighted by molar-refractivity contribution is 0.209. The lowest BCUT2D eigenvalue weighted by Gasteiger charge is -2.30. The van der Waals surface area contributed by atoms with Crippen LogP contribution >= 0.6 is 24.0 Å². The van der Waals surface area contributed by atoms with Gasteiger partial charge >= 0.3 is 0 Å². The predicted molar refractivity (Wildman–Crippen MR) is 113 cm³/mol. The van der Waals surface area contributed by atoms with Crippen LogP contribution in [-0.2, 0) is 0 Å². The van der Waals surface area contributed by atoms with Crippen molar-refractivity contribution in [3.05, 3.63) is 40.4 Å². The van der Waals surface area contributed by atoms with Crippen LogP contribution in [0.2, 0.25) is 5.02 Å². The highest BCUT2D eigenvalue weighted by Gasteiger charge is 2.18. The Bertz CT molecular complexity index is 543. The first-order valence-electron chi connectivity index (χ1n) is 9.90. The molecule has 0 unspecified atom stereocenters. The van der Waals surface area contributed by atoms with Crippen LogP contribution in [0.15, 0.2) is 24.3 Å². The Hall–Kier alpha value is -0.500. The minimum absolute atomic E-state index is 0. The Morgan fingerprint density at radius 2 is 1.64 bits per heavy atom. The van der Waals surface area contributed by atoms with Crippen molar-refractivity contribution in [2.45, 2.75) is 76.2 Å². The molecule has 2 aliphatic rings. The van der Waals surface area contributed by atoms with Gasteiger partial charge in [-0.25, -0.2) is 0 Å². The van der Waals surface area contributed by atoms with Gasteiger partial charge in [-0.05, 0) is 55.8 Å². The molecule has 0 radical (unpaired) electrons. The van der Waals surface area contributed by atoms with E-state index in [1.165, 1.54) is 75.3 Å². The maximum Gasteiger partial charge on any atom is 0.0446 e. The number of halogens is 2. The fraction of sp³-hybridized carbons (Fsp3) is 0.636. The summed E-state index contributed by atoms with van der Waals surface area (Å²) in [5.41, 5.74) is 2.60. The third-order valence-corrected chi connectivity index (χ3v) is 6.30. The van der Waals surface area contributed by atoms with E-state index < -0.39 is 0 Å². The molecular formula is C22H33Cl2N. The van der Waals surface area contributed by atoms with Crippen LogP contribution in [0.1, 0.15) is 81.3 Å². The van der Waals surface area contributed by atoms with Gasteiger partial charge in [0.15, 0.2) is 0 Å². The zero-order valence-corrected chi connectivity index (χ0v) is 17.1. The molecular weight excluding hydrogens is 349 g/mol. The van der Waals surface area contributed by atoms with Crippen molar-refractivity contribution in [1.82, 2.24) is 4.90 Å². The molecule has 0 aliphatic heterocycles. The average Bonchev–Trinajstić information content (AvgIpc) is 2.63. The molecule has 0 spiro atoms. The van der Waals surface area contributed by atoms with Crippen LogP contribution in [0.4, 0.5) is 0 Å². The van der Waals surface area contributed by atoms with E-state index in [1.807, 2.05) is 0 Å². The van der Waals surface area contributed by atoms with E-state index in [4.69, 9.17) is 11.6 Å². The first-order chi connectivity index (χ1) is 11.7. The van der Waals surface area contributed by atoms with Crippen LogP contribution in [0.3, 0.4) is 0 Å². The van der Waals surface area contributed by atoms with Gasteiger partial charge in [0.2, 0.25) is 0 Å². The van der Waals surface area contributed by atoms with Crippen LogP contribution < -0.4 is 0 Å². The first kappa shape index (κ1) is 20.8. The van der Waals surface area contributed by atoms with Crippen molar-refractivity contribution in [2.24, 2.45) is 0 Å². The molecule has 2 saturated carbocycles. The van der Waals surface area contributed by atoms with E-state index in [2.05, 4.69) is 42.3 Å². The molecule has 0 bridgehead atoms. The van der Waals surface area contributed by atoms with Gasteiger partial charge in [0.05, 0.1) is 0 Å². The molecule has 0 saturated heterocycles. The summed E-state index contributed by atoms with van der Waals surface area (Å²) in [5, 5.41) is 0.963.